The van der Waals surface area contributed by atoms with E-state index < -0.39 is 12.1 Å². The number of nitrogens with one attached hydrogen (secondary N) is 1. The molecule has 2 amide bonds. The first-order chi connectivity index (χ1) is 16.0. The van der Waals surface area contributed by atoms with Crippen molar-refractivity contribution in [2.75, 3.05) is 13.7 Å². The molecule has 0 aliphatic heterocycles. The lowest BCUT2D eigenvalue weighted by molar-refractivity contribution is -0.136. The van der Waals surface area contributed by atoms with E-state index in [1.807, 2.05) is 36.4 Å². The first kappa shape index (κ1) is 22.1. The van der Waals surface area contributed by atoms with Crippen LogP contribution in [0.15, 0.2) is 72.8 Å². The van der Waals surface area contributed by atoms with Crippen LogP contribution in [0.1, 0.15) is 39.5 Å². The van der Waals surface area contributed by atoms with Gasteiger partial charge in [0.05, 0.1) is 19.6 Å². The lowest BCUT2D eigenvalue weighted by Gasteiger charge is -2.29. The number of carboxylic acids is 1. The molecular weight excluding hydrogens is 420 g/mol. The van der Waals surface area contributed by atoms with Crippen LogP contribution in [-0.2, 0) is 16.1 Å². The Morgan fingerprint density at radius 2 is 1.48 bits per heavy atom. The maximum Gasteiger partial charge on any atom is 0.410 e. The normalized spacial score (nSPS) is 11.9. The highest BCUT2D eigenvalue weighted by Crippen LogP contribution is 2.46. The van der Waals surface area contributed by atoms with Gasteiger partial charge in [0, 0.05) is 18.7 Å². The Balaban J connectivity index is 1.58. The van der Waals surface area contributed by atoms with Crippen LogP contribution in [0.2, 0.25) is 0 Å². The summed E-state index contributed by atoms with van der Waals surface area (Å²) in [6.07, 6.45) is -0.579. The minimum absolute atomic E-state index is 0.0620. The molecule has 1 aliphatic carbocycles. The van der Waals surface area contributed by atoms with Gasteiger partial charge in [0.25, 0.3) is 5.91 Å². The van der Waals surface area contributed by atoms with E-state index in [0.29, 0.717) is 12.1 Å². The molecule has 1 aliphatic rings. The number of benzene rings is 3. The van der Waals surface area contributed by atoms with Crippen molar-refractivity contribution in [1.29, 1.82) is 0 Å². The molecule has 3 aromatic carbocycles. The summed E-state index contributed by atoms with van der Waals surface area (Å²) in [5, 5.41) is 11.3. The molecule has 0 aromatic heterocycles. The summed E-state index contributed by atoms with van der Waals surface area (Å²) in [4.78, 5) is 37.4. The molecule has 7 heteroatoms. The lowest BCUT2D eigenvalue weighted by atomic mass is 10.0. The Morgan fingerprint density at radius 1 is 0.909 bits per heavy atom. The average Bonchev–Trinajstić information content (AvgIpc) is 3.16. The molecule has 33 heavy (non-hydrogen) atoms. The van der Waals surface area contributed by atoms with Crippen molar-refractivity contribution < 1.29 is 24.2 Å². The van der Waals surface area contributed by atoms with E-state index in [4.69, 9.17) is 9.84 Å². The molecule has 2 N–H and O–H groups in total. The van der Waals surface area contributed by atoms with Crippen molar-refractivity contribution in [2.45, 2.75) is 19.0 Å². The van der Waals surface area contributed by atoms with Gasteiger partial charge in [0.1, 0.15) is 0 Å². The van der Waals surface area contributed by atoms with Crippen molar-refractivity contribution in [1.82, 2.24) is 10.2 Å². The third-order valence-corrected chi connectivity index (χ3v) is 5.72. The number of nitrogens with zero attached hydrogens (tertiary/aromatic N) is 1. The number of hydrogen-bond donors (Lipinski definition) is 2. The highest BCUT2D eigenvalue weighted by molar-refractivity contribution is 5.94. The van der Waals surface area contributed by atoms with Gasteiger partial charge in [-0.05, 0) is 39.9 Å². The molecule has 7 nitrogen and oxygen atoms in total. The first-order valence-corrected chi connectivity index (χ1v) is 10.6. The minimum atomic E-state index is -0.969. The van der Waals surface area contributed by atoms with Crippen LogP contribution >= 0.6 is 0 Å². The van der Waals surface area contributed by atoms with Gasteiger partial charge in [-0.1, -0.05) is 60.7 Å². The maximum absolute atomic E-state index is 12.9. The van der Waals surface area contributed by atoms with Crippen LogP contribution in [0.25, 0.3) is 11.1 Å². The molecule has 3 aromatic rings. The van der Waals surface area contributed by atoms with Gasteiger partial charge in [-0.15, -0.1) is 0 Å². The summed E-state index contributed by atoms with van der Waals surface area (Å²) in [6.45, 7) is 0.355. The van der Waals surface area contributed by atoms with Crippen molar-refractivity contribution in [2.24, 2.45) is 0 Å². The molecule has 0 fully saturated rings. The second-order valence-electron chi connectivity index (χ2n) is 7.77. The fraction of sp³-hybridized carbons (Fsp3) is 0.192. The predicted molar refractivity (Wildman–Crippen MR) is 123 cm³/mol. The predicted octanol–water partition coefficient (Wildman–Crippen LogP) is 4.23. The molecule has 0 radical (unpaired) electrons. The van der Waals surface area contributed by atoms with E-state index in [-0.39, 0.29) is 24.9 Å². The molecule has 0 unspecified atom stereocenters. The molecule has 0 atom stereocenters. The number of aliphatic carboxylic acids is 1. The summed E-state index contributed by atoms with van der Waals surface area (Å²) >= 11 is 0. The van der Waals surface area contributed by atoms with Crippen molar-refractivity contribution in [3.8, 4) is 11.1 Å². The number of amides is 2. The standard InChI is InChI=1S/C26H24N2O5/c1-33-26(32)28(16-17-10-12-18(13-11-17)25(31)27-15-14-23(29)30)24-21-8-4-2-6-19(21)20-7-3-5-9-22(20)24/h2-13,24H,14-16H2,1H3,(H,27,31)(H,29,30). The number of carboxylic acid groups (broad SMARTS) is 1. The van der Waals surface area contributed by atoms with E-state index in [2.05, 4.69) is 17.4 Å². The number of rotatable bonds is 7. The number of carbonyl (C=O) groups excluding carboxylic acids is 2. The lowest BCUT2D eigenvalue weighted by Crippen LogP contribution is -2.34. The number of carbonyl (C=O) groups is 3. The zero-order chi connectivity index (χ0) is 23.4. The molecule has 0 saturated carbocycles. The van der Waals surface area contributed by atoms with E-state index in [9.17, 15) is 14.4 Å². The van der Waals surface area contributed by atoms with Crippen LogP contribution in [0.3, 0.4) is 0 Å². The summed E-state index contributed by atoms with van der Waals surface area (Å²) in [6, 6.07) is 22.7. The Morgan fingerprint density at radius 3 is 2.03 bits per heavy atom. The fourth-order valence-corrected chi connectivity index (χ4v) is 4.19. The second kappa shape index (κ2) is 9.56. The van der Waals surface area contributed by atoms with Crippen molar-refractivity contribution in [3.05, 3.63) is 95.1 Å². The van der Waals surface area contributed by atoms with Crippen LogP contribution in [-0.4, -0.2) is 41.6 Å². The van der Waals surface area contributed by atoms with Crippen molar-refractivity contribution in [3.63, 3.8) is 0 Å². The molecule has 168 valence electrons. The van der Waals surface area contributed by atoms with Gasteiger partial charge < -0.3 is 15.2 Å². The Labute approximate surface area is 191 Å². The topological polar surface area (TPSA) is 95.9 Å². The zero-order valence-corrected chi connectivity index (χ0v) is 18.2. The molecular formula is C26H24N2O5. The summed E-state index contributed by atoms with van der Waals surface area (Å²) in [7, 11) is 1.37. The highest BCUT2D eigenvalue weighted by Gasteiger charge is 2.35. The largest absolute Gasteiger partial charge is 0.481 e. The van der Waals surface area contributed by atoms with Crippen LogP contribution in [0, 0.1) is 0 Å². The van der Waals surface area contributed by atoms with Gasteiger partial charge in [-0.3, -0.25) is 14.5 Å². The number of ether oxygens (including phenoxy) is 1. The second-order valence-corrected chi connectivity index (χ2v) is 7.77. The quantitative estimate of drug-likeness (QED) is 0.569. The van der Waals surface area contributed by atoms with Crippen LogP contribution in [0.4, 0.5) is 4.79 Å². The SMILES string of the molecule is COC(=O)N(Cc1ccc(C(=O)NCCC(=O)O)cc1)C1c2ccccc2-c2ccccc21. The van der Waals surface area contributed by atoms with E-state index >= 15 is 0 Å². The highest BCUT2D eigenvalue weighted by atomic mass is 16.5. The molecule has 4 rings (SSSR count). The van der Waals surface area contributed by atoms with Crippen molar-refractivity contribution >= 4 is 18.0 Å². The summed E-state index contributed by atoms with van der Waals surface area (Å²) < 4.78 is 5.13. The Hall–Kier alpha value is -4.13. The van der Waals surface area contributed by atoms with Gasteiger partial charge in [0.15, 0.2) is 0 Å². The van der Waals surface area contributed by atoms with E-state index in [0.717, 1.165) is 27.8 Å². The number of hydrogen-bond acceptors (Lipinski definition) is 4. The van der Waals surface area contributed by atoms with E-state index in [1.54, 1.807) is 29.2 Å². The fourth-order valence-electron chi connectivity index (χ4n) is 4.19. The Bertz CT molecular complexity index is 1140. The summed E-state index contributed by atoms with van der Waals surface area (Å²) in [5.41, 5.74) is 5.53. The van der Waals surface area contributed by atoms with Gasteiger partial charge in [-0.2, -0.15) is 0 Å². The minimum Gasteiger partial charge on any atom is -0.481 e. The molecule has 0 spiro atoms. The molecule has 0 saturated heterocycles. The van der Waals surface area contributed by atoms with Gasteiger partial charge in [-0.25, -0.2) is 4.79 Å². The third kappa shape index (κ3) is 4.57. The Kier molecular flexibility index (Phi) is 6.40. The average molecular weight is 444 g/mol. The van der Waals surface area contributed by atoms with Crippen LogP contribution < -0.4 is 5.32 Å². The van der Waals surface area contributed by atoms with Crippen LogP contribution in [0.5, 0.6) is 0 Å². The smallest absolute Gasteiger partial charge is 0.410 e. The number of methoxy groups -OCH3 is 1. The summed E-state index contributed by atoms with van der Waals surface area (Å²) in [5.74, 6) is -1.31. The number of fused-ring (bicyclic) bond motifs is 3. The molecule has 0 heterocycles. The zero-order valence-electron chi connectivity index (χ0n) is 18.2. The van der Waals surface area contributed by atoms with E-state index in [1.165, 1.54) is 7.11 Å². The first-order valence-electron chi connectivity index (χ1n) is 10.6. The monoisotopic (exact) mass is 444 g/mol. The van der Waals surface area contributed by atoms with Gasteiger partial charge in [0.2, 0.25) is 0 Å². The van der Waals surface area contributed by atoms with Gasteiger partial charge >= 0.3 is 12.1 Å². The molecule has 0 bridgehead atoms. The maximum atomic E-state index is 12.9. The third-order valence-electron chi connectivity index (χ3n) is 5.72.